The molecule has 7 nitrogen and oxygen atoms in total. The number of rotatable bonds is 7. The van der Waals surface area contributed by atoms with Crippen molar-refractivity contribution >= 4 is 11.8 Å². The molecule has 1 atom stereocenters. The predicted octanol–water partition coefficient (Wildman–Crippen LogP) is 1.78. The second kappa shape index (κ2) is 9.39. The summed E-state index contributed by atoms with van der Waals surface area (Å²) in [7, 11) is 1.76. The van der Waals surface area contributed by atoms with Crippen LogP contribution in [-0.2, 0) is 9.53 Å². The van der Waals surface area contributed by atoms with Gasteiger partial charge in [-0.25, -0.2) is 9.37 Å². The summed E-state index contributed by atoms with van der Waals surface area (Å²) in [6.07, 6.45) is 6.07. The van der Waals surface area contributed by atoms with Crippen LogP contribution in [0.1, 0.15) is 42.6 Å². The van der Waals surface area contributed by atoms with Crippen molar-refractivity contribution in [3.8, 4) is 0 Å². The molecule has 8 heteroatoms. The molecule has 164 valence electrons. The lowest BCUT2D eigenvalue weighted by atomic mass is 10.0. The Morgan fingerprint density at radius 2 is 1.90 bits per heavy atom. The van der Waals surface area contributed by atoms with E-state index in [1.165, 1.54) is 12.1 Å². The Morgan fingerprint density at radius 3 is 2.57 bits per heavy atom. The quantitative estimate of drug-likeness (QED) is 0.675. The van der Waals surface area contributed by atoms with Crippen LogP contribution in [-0.4, -0.2) is 90.0 Å². The van der Waals surface area contributed by atoms with Gasteiger partial charge in [0.25, 0.3) is 5.91 Å². The first-order valence-electron chi connectivity index (χ1n) is 11.0. The minimum atomic E-state index is -0.452. The topological polar surface area (TPSA) is 66.0 Å². The van der Waals surface area contributed by atoms with E-state index in [9.17, 15) is 14.0 Å². The number of ether oxygens (including phenoxy) is 1. The third-order valence-corrected chi connectivity index (χ3v) is 6.52. The van der Waals surface area contributed by atoms with Gasteiger partial charge in [0, 0.05) is 64.4 Å². The third-order valence-electron chi connectivity index (χ3n) is 6.52. The van der Waals surface area contributed by atoms with Crippen molar-refractivity contribution in [2.24, 2.45) is 5.92 Å². The summed E-state index contributed by atoms with van der Waals surface area (Å²) < 4.78 is 18.6. The summed E-state index contributed by atoms with van der Waals surface area (Å²) in [5, 5.41) is 0. The molecule has 0 radical (unpaired) electrons. The van der Waals surface area contributed by atoms with E-state index in [4.69, 9.17) is 4.74 Å². The molecule has 30 heavy (non-hydrogen) atoms. The van der Waals surface area contributed by atoms with Crippen molar-refractivity contribution in [2.45, 2.75) is 44.2 Å². The first kappa shape index (κ1) is 21.2. The van der Waals surface area contributed by atoms with E-state index in [1.54, 1.807) is 11.9 Å². The van der Waals surface area contributed by atoms with Crippen molar-refractivity contribution in [3.05, 3.63) is 29.8 Å². The first-order chi connectivity index (χ1) is 14.5. The van der Waals surface area contributed by atoms with E-state index in [2.05, 4.69) is 9.88 Å². The van der Waals surface area contributed by atoms with Crippen molar-refractivity contribution in [2.75, 3.05) is 46.4 Å². The molecule has 0 N–H and O–H groups in total. The monoisotopic (exact) mass is 418 g/mol. The number of pyridine rings is 1. The molecule has 0 spiro atoms. The molecule has 3 heterocycles. The molecule has 0 aromatic carbocycles. The van der Waals surface area contributed by atoms with Gasteiger partial charge in [-0.1, -0.05) is 0 Å². The molecule has 1 aliphatic carbocycles. The Hall–Kier alpha value is -2.06. The molecule has 2 amide bonds. The highest BCUT2D eigenvalue weighted by Gasteiger charge is 2.39. The van der Waals surface area contributed by atoms with Gasteiger partial charge >= 0.3 is 0 Å². The van der Waals surface area contributed by atoms with E-state index in [1.807, 2.05) is 4.90 Å². The summed E-state index contributed by atoms with van der Waals surface area (Å²) in [5.41, 5.74) is 0.249. The first-order valence-corrected chi connectivity index (χ1v) is 11.0. The van der Waals surface area contributed by atoms with Crippen LogP contribution >= 0.6 is 0 Å². The highest BCUT2D eigenvalue weighted by molar-refractivity contribution is 5.92. The highest BCUT2D eigenvalue weighted by atomic mass is 19.1. The Kier molecular flexibility index (Phi) is 6.63. The number of aromatic nitrogens is 1. The fourth-order valence-electron chi connectivity index (χ4n) is 4.55. The Bertz CT molecular complexity index is 749. The van der Waals surface area contributed by atoms with E-state index in [0.29, 0.717) is 24.5 Å². The Labute approximate surface area is 177 Å². The summed E-state index contributed by atoms with van der Waals surface area (Å²) in [5.74, 6) is -0.0864. The average Bonchev–Trinajstić information content (AvgIpc) is 3.51. The zero-order valence-electron chi connectivity index (χ0n) is 17.6. The number of halogens is 1. The number of amides is 2. The van der Waals surface area contributed by atoms with Crippen LogP contribution in [0.2, 0.25) is 0 Å². The molecule has 1 aromatic rings. The van der Waals surface area contributed by atoms with E-state index in [-0.39, 0.29) is 17.5 Å². The van der Waals surface area contributed by atoms with Gasteiger partial charge in [-0.3, -0.25) is 14.5 Å². The minimum Gasteiger partial charge on any atom is -0.381 e. The molecule has 2 aliphatic heterocycles. The fraction of sp³-hybridized carbons (Fsp3) is 0.682. The Balaban J connectivity index is 1.38. The minimum absolute atomic E-state index is 0.209. The zero-order chi connectivity index (χ0) is 21.1. The maximum absolute atomic E-state index is 13.1. The molecule has 1 saturated carbocycles. The normalized spacial score (nSPS) is 22.5. The smallest absolute Gasteiger partial charge is 0.272 e. The molecular weight excluding hydrogens is 387 g/mol. The van der Waals surface area contributed by atoms with E-state index < -0.39 is 5.82 Å². The van der Waals surface area contributed by atoms with Crippen LogP contribution in [0.5, 0.6) is 0 Å². The molecule has 3 fully saturated rings. The Morgan fingerprint density at radius 1 is 1.13 bits per heavy atom. The van der Waals surface area contributed by atoms with E-state index >= 15 is 0 Å². The van der Waals surface area contributed by atoms with Gasteiger partial charge in [-0.15, -0.1) is 0 Å². The molecule has 4 rings (SSSR count). The second-order valence-corrected chi connectivity index (χ2v) is 8.67. The van der Waals surface area contributed by atoms with Crippen molar-refractivity contribution in [3.63, 3.8) is 0 Å². The molecular formula is C22H31FN4O3. The zero-order valence-corrected chi connectivity index (χ0v) is 17.6. The molecule has 3 aliphatic rings. The molecule has 1 aromatic heterocycles. The summed E-state index contributed by atoms with van der Waals surface area (Å²) in [6.45, 7) is 4.42. The standard InChI is InChI=1S/C22H31FN4O3/c1-25(22(29)20-5-4-17(23)14-24-20)10-11-27(18-7-12-30-13-8-18)19-6-9-26(15-19)21(28)16-2-3-16/h4-5,14,16,18-19H,2-3,6-13,15H2,1H3. The van der Waals surface area contributed by atoms with Gasteiger partial charge in [-0.2, -0.15) is 0 Å². The number of nitrogens with zero attached hydrogens (tertiary/aromatic N) is 4. The van der Waals surface area contributed by atoms with Crippen molar-refractivity contribution in [1.29, 1.82) is 0 Å². The number of carbonyl (C=O) groups is 2. The van der Waals surface area contributed by atoms with Gasteiger partial charge in [0.15, 0.2) is 0 Å². The van der Waals surface area contributed by atoms with Crippen LogP contribution in [0.15, 0.2) is 18.3 Å². The number of likely N-dealkylation sites (tertiary alicyclic amines) is 1. The maximum Gasteiger partial charge on any atom is 0.272 e. The molecule has 0 bridgehead atoms. The molecule has 2 saturated heterocycles. The predicted molar refractivity (Wildman–Crippen MR) is 109 cm³/mol. The number of hydrogen-bond acceptors (Lipinski definition) is 5. The lowest BCUT2D eigenvalue weighted by Gasteiger charge is -2.39. The van der Waals surface area contributed by atoms with Crippen LogP contribution in [0.3, 0.4) is 0 Å². The number of hydrogen-bond donors (Lipinski definition) is 0. The maximum atomic E-state index is 13.1. The summed E-state index contributed by atoms with van der Waals surface area (Å²) in [4.78, 5) is 35.2. The number of likely N-dealkylation sites (N-methyl/N-ethyl adjacent to an activating group) is 1. The SMILES string of the molecule is CN(CCN(C1CCOCC1)C1CCN(C(=O)C2CC2)C1)C(=O)c1ccc(F)cn1. The van der Waals surface area contributed by atoms with Crippen LogP contribution in [0.25, 0.3) is 0 Å². The lowest BCUT2D eigenvalue weighted by Crippen LogP contribution is -2.50. The van der Waals surface area contributed by atoms with Crippen LogP contribution in [0, 0.1) is 11.7 Å². The largest absolute Gasteiger partial charge is 0.381 e. The highest BCUT2D eigenvalue weighted by Crippen LogP contribution is 2.33. The van der Waals surface area contributed by atoms with Gasteiger partial charge in [-0.05, 0) is 44.2 Å². The summed E-state index contributed by atoms with van der Waals surface area (Å²) in [6, 6.07) is 3.41. The number of carbonyl (C=O) groups excluding carboxylic acids is 2. The van der Waals surface area contributed by atoms with Gasteiger partial charge in [0.2, 0.25) is 5.91 Å². The van der Waals surface area contributed by atoms with E-state index in [0.717, 1.165) is 71.1 Å². The average molecular weight is 419 g/mol. The lowest BCUT2D eigenvalue weighted by molar-refractivity contribution is -0.131. The fourth-order valence-corrected chi connectivity index (χ4v) is 4.55. The van der Waals surface area contributed by atoms with Crippen LogP contribution in [0.4, 0.5) is 4.39 Å². The van der Waals surface area contributed by atoms with Crippen molar-refractivity contribution < 1.29 is 18.7 Å². The second-order valence-electron chi connectivity index (χ2n) is 8.67. The van der Waals surface area contributed by atoms with Crippen LogP contribution < -0.4 is 0 Å². The van der Waals surface area contributed by atoms with Gasteiger partial charge < -0.3 is 14.5 Å². The van der Waals surface area contributed by atoms with Gasteiger partial charge in [0.1, 0.15) is 11.5 Å². The summed E-state index contributed by atoms with van der Waals surface area (Å²) >= 11 is 0. The van der Waals surface area contributed by atoms with Gasteiger partial charge in [0.05, 0.1) is 6.20 Å². The van der Waals surface area contributed by atoms with Crippen molar-refractivity contribution in [1.82, 2.24) is 19.7 Å². The molecule has 1 unspecified atom stereocenters. The third kappa shape index (κ3) is 4.98.